The summed E-state index contributed by atoms with van der Waals surface area (Å²) in [6.07, 6.45) is 0.859. The van der Waals surface area contributed by atoms with Gasteiger partial charge in [-0.05, 0) is 54.1 Å². The van der Waals surface area contributed by atoms with Gasteiger partial charge < -0.3 is 0 Å². The first-order valence-electron chi connectivity index (χ1n) is 9.29. The molecule has 4 aromatic rings. The van der Waals surface area contributed by atoms with Gasteiger partial charge >= 0.3 is 0 Å². The molecule has 0 saturated carbocycles. The molecule has 2 aromatic heterocycles. The summed E-state index contributed by atoms with van der Waals surface area (Å²) in [7, 11) is -3.74. The number of thiophene rings is 1. The highest BCUT2D eigenvalue weighted by Crippen LogP contribution is 2.30. The van der Waals surface area contributed by atoms with Gasteiger partial charge in [0.2, 0.25) is 0 Å². The van der Waals surface area contributed by atoms with E-state index in [0.29, 0.717) is 5.82 Å². The number of para-hydroxylation sites is 1. The van der Waals surface area contributed by atoms with E-state index in [0.717, 1.165) is 33.8 Å². The van der Waals surface area contributed by atoms with E-state index in [1.54, 1.807) is 34.2 Å². The minimum absolute atomic E-state index is 0.227. The molecule has 2 aromatic carbocycles. The summed E-state index contributed by atoms with van der Waals surface area (Å²) in [5, 5.41) is 6.66. The van der Waals surface area contributed by atoms with Crippen molar-refractivity contribution in [3.05, 3.63) is 83.2 Å². The highest BCUT2D eigenvalue weighted by Gasteiger charge is 2.20. The minimum atomic E-state index is -3.74. The number of anilines is 1. The Hall–Kier alpha value is -2.90. The maximum Gasteiger partial charge on any atom is 0.263 e. The first-order valence-corrected chi connectivity index (χ1v) is 11.7. The molecule has 7 heteroatoms. The summed E-state index contributed by atoms with van der Waals surface area (Å²) < 4.78 is 30.4. The van der Waals surface area contributed by atoms with E-state index in [1.165, 1.54) is 0 Å². The van der Waals surface area contributed by atoms with Gasteiger partial charge in [-0.2, -0.15) is 5.10 Å². The topological polar surface area (TPSA) is 64.0 Å². The van der Waals surface area contributed by atoms with Gasteiger partial charge in [-0.1, -0.05) is 43.3 Å². The third-order valence-electron chi connectivity index (χ3n) is 4.71. The van der Waals surface area contributed by atoms with Crippen LogP contribution >= 0.6 is 11.3 Å². The molecule has 0 fully saturated rings. The Kier molecular flexibility index (Phi) is 5.25. The maximum atomic E-state index is 13.0. The lowest BCUT2D eigenvalue weighted by atomic mass is 10.2. The molecule has 2 heterocycles. The van der Waals surface area contributed by atoms with Crippen LogP contribution < -0.4 is 4.72 Å². The number of nitrogens with one attached hydrogen (secondary N) is 1. The molecule has 148 valence electrons. The van der Waals surface area contributed by atoms with Crippen LogP contribution in [0.25, 0.3) is 16.3 Å². The van der Waals surface area contributed by atoms with Crippen LogP contribution in [0.15, 0.2) is 77.0 Å². The summed E-state index contributed by atoms with van der Waals surface area (Å²) >= 11 is 1.56. The first-order chi connectivity index (χ1) is 14.0. The molecule has 0 aliphatic carbocycles. The summed E-state index contributed by atoms with van der Waals surface area (Å²) in [4.78, 5) is 1.20. The van der Waals surface area contributed by atoms with Crippen molar-refractivity contribution in [3.8, 4) is 16.3 Å². The molecule has 4 rings (SSSR count). The molecule has 0 saturated heterocycles. The maximum absolute atomic E-state index is 13.0. The Labute approximate surface area is 174 Å². The lowest BCUT2D eigenvalue weighted by molar-refractivity contribution is 0.600. The van der Waals surface area contributed by atoms with Crippen molar-refractivity contribution >= 4 is 27.2 Å². The Morgan fingerprint density at radius 1 is 1.03 bits per heavy atom. The van der Waals surface area contributed by atoms with E-state index in [4.69, 9.17) is 0 Å². The molecular formula is C22H21N3O2S2. The summed E-state index contributed by atoms with van der Waals surface area (Å²) in [5.41, 5.74) is 3.64. The summed E-state index contributed by atoms with van der Waals surface area (Å²) in [5.74, 6) is 0.405. The molecular weight excluding hydrogens is 402 g/mol. The Morgan fingerprint density at radius 3 is 2.45 bits per heavy atom. The zero-order chi connectivity index (χ0) is 20.4. The molecule has 0 atom stereocenters. The van der Waals surface area contributed by atoms with E-state index < -0.39 is 10.0 Å². The van der Waals surface area contributed by atoms with Gasteiger partial charge in [0.15, 0.2) is 0 Å². The standard InChI is InChI=1S/C22H21N3O2S2/c1-3-17-10-12-18(13-11-17)29(26,27)24-22-15-19(21-9-6-14-28-21)23-25(22)20-8-5-4-7-16(20)2/h4-15,24H,3H2,1-2H3. The van der Waals surface area contributed by atoms with Gasteiger partial charge in [-0.25, -0.2) is 13.1 Å². The van der Waals surface area contributed by atoms with Gasteiger partial charge in [0.25, 0.3) is 10.0 Å². The minimum Gasteiger partial charge on any atom is -0.263 e. The highest BCUT2D eigenvalue weighted by atomic mass is 32.2. The second-order valence-electron chi connectivity index (χ2n) is 6.69. The van der Waals surface area contributed by atoms with Crippen molar-refractivity contribution in [1.82, 2.24) is 9.78 Å². The molecule has 0 spiro atoms. The predicted molar refractivity (Wildman–Crippen MR) is 118 cm³/mol. The van der Waals surface area contributed by atoms with Gasteiger partial charge in [0.05, 0.1) is 15.5 Å². The van der Waals surface area contributed by atoms with E-state index in [1.807, 2.05) is 67.8 Å². The van der Waals surface area contributed by atoms with Gasteiger partial charge in [0, 0.05) is 6.07 Å². The molecule has 0 unspecified atom stereocenters. The average molecular weight is 424 g/mol. The second kappa shape index (κ2) is 7.85. The molecule has 0 aliphatic heterocycles. The van der Waals surface area contributed by atoms with E-state index in [9.17, 15) is 8.42 Å². The SMILES string of the molecule is CCc1ccc(S(=O)(=O)Nc2cc(-c3cccs3)nn2-c2ccccc2C)cc1. The third-order valence-corrected chi connectivity index (χ3v) is 6.97. The lowest BCUT2D eigenvalue weighted by Crippen LogP contribution is -2.16. The van der Waals surface area contributed by atoms with Gasteiger partial charge in [-0.3, -0.25) is 4.72 Å². The number of nitrogens with zero attached hydrogens (tertiary/aromatic N) is 2. The largest absolute Gasteiger partial charge is 0.263 e. The van der Waals surface area contributed by atoms with Crippen LogP contribution in [0.5, 0.6) is 0 Å². The lowest BCUT2D eigenvalue weighted by Gasteiger charge is -2.12. The van der Waals surface area contributed by atoms with Crippen molar-refractivity contribution in [2.75, 3.05) is 4.72 Å². The summed E-state index contributed by atoms with van der Waals surface area (Å²) in [6, 6.07) is 20.4. The average Bonchev–Trinajstić information content (AvgIpc) is 3.38. The summed E-state index contributed by atoms with van der Waals surface area (Å²) in [6.45, 7) is 4.01. The van der Waals surface area contributed by atoms with Crippen LogP contribution in [0, 0.1) is 6.92 Å². The van der Waals surface area contributed by atoms with Crippen molar-refractivity contribution < 1.29 is 8.42 Å². The van der Waals surface area contributed by atoms with Crippen molar-refractivity contribution in [3.63, 3.8) is 0 Å². The highest BCUT2D eigenvalue weighted by molar-refractivity contribution is 7.92. The number of hydrogen-bond acceptors (Lipinski definition) is 4. The second-order valence-corrected chi connectivity index (χ2v) is 9.32. The van der Waals surface area contributed by atoms with Crippen molar-refractivity contribution in [1.29, 1.82) is 0 Å². The zero-order valence-electron chi connectivity index (χ0n) is 16.2. The van der Waals surface area contributed by atoms with Crippen molar-refractivity contribution in [2.24, 2.45) is 0 Å². The Morgan fingerprint density at radius 2 is 1.79 bits per heavy atom. The van der Waals surface area contributed by atoms with Crippen LogP contribution in [0.1, 0.15) is 18.1 Å². The number of rotatable bonds is 6. The molecule has 0 bridgehead atoms. The predicted octanol–water partition coefficient (Wildman–Crippen LogP) is 5.27. The fraction of sp³-hybridized carbons (Fsp3) is 0.136. The smallest absolute Gasteiger partial charge is 0.263 e. The molecule has 29 heavy (non-hydrogen) atoms. The number of hydrogen-bond donors (Lipinski definition) is 1. The van der Waals surface area contributed by atoms with Crippen LogP contribution in [0.4, 0.5) is 5.82 Å². The normalized spacial score (nSPS) is 11.5. The molecule has 1 N–H and O–H groups in total. The first kappa shape index (κ1) is 19.4. The number of aryl methyl sites for hydroxylation is 2. The molecule has 5 nitrogen and oxygen atoms in total. The van der Waals surface area contributed by atoms with Gasteiger partial charge in [0.1, 0.15) is 11.5 Å². The van der Waals surface area contributed by atoms with E-state index in [2.05, 4.69) is 9.82 Å². The monoisotopic (exact) mass is 423 g/mol. The van der Waals surface area contributed by atoms with Crippen molar-refractivity contribution in [2.45, 2.75) is 25.2 Å². The molecule has 0 radical (unpaired) electrons. The molecule has 0 aliphatic rings. The van der Waals surface area contributed by atoms with Crippen LogP contribution in [0.3, 0.4) is 0 Å². The molecule has 0 amide bonds. The van der Waals surface area contributed by atoms with E-state index in [-0.39, 0.29) is 4.90 Å². The van der Waals surface area contributed by atoms with Gasteiger partial charge in [-0.15, -0.1) is 11.3 Å². The quantitative estimate of drug-likeness (QED) is 0.459. The fourth-order valence-electron chi connectivity index (χ4n) is 3.08. The van der Waals surface area contributed by atoms with E-state index >= 15 is 0 Å². The number of sulfonamides is 1. The Balaban J connectivity index is 1.78. The third kappa shape index (κ3) is 3.97. The van der Waals surface area contributed by atoms with Crippen LogP contribution in [-0.2, 0) is 16.4 Å². The van der Waals surface area contributed by atoms with Crippen LogP contribution in [-0.4, -0.2) is 18.2 Å². The number of benzene rings is 2. The zero-order valence-corrected chi connectivity index (χ0v) is 17.8. The fourth-order valence-corrected chi connectivity index (χ4v) is 4.80. The number of aromatic nitrogens is 2. The Bertz CT molecular complexity index is 1230. The van der Waals surface area contributed by atoms with Crippen LogP contribution in [0.2, 0.25) is 0 Å².